The molecule has 4 amide bonds. The molecule has 2 aliphatic heterocycles. The highest BCUT2D eigenvalue weighted by atomic mass is 32.2. The lowest BCUT2D eigenvalue weighted by atomic mass is 10.0. The number of hydrogen-bond acceptors (Lipinski definition) is 5. The average Bonchev–Trinajstić information content (AvgIpc) is 3.56. The summed E-state index contributed by atoms with van der Waals surface area (Å²) in [6.45, 7) is 6.54. The minimum absolute atomic E-state index is 0.0200. The van der Waals surface area contributed by atoms with Crippen LogP contribution in [0.3, 0.4) is 0 Å². The largest absolute Gasteiger partial charge is 0.342 e. The predicted octanol–water partition coefficient (Wildman–Crippen LogP) is 0.967. The summed E-state index contributed by atoms with van der Waals surface area (Å²) in [5.74, 6) is -1.87. The van der Waals surface area contributed by atoms with E-state index in [4.69, 9.17) is 0 Å². The summed E-state index contributed by atoms with van der Waals surface area (Å²) < 4.78 is 27.9. The number of piperidine rings is 1. The monoisotopic (exact) mass is 498 g/mol. The summed E-state index contributed by atoms with van der Waals surface area (Å²) >= 11 is 0. The highest BCUT2D eigenvalue weighted by molar-refractivity contribution is 7.84. The number of carbonyl (C=O) groups excluding carboxylic acids is 4. The SMILES string of the molecule is C=CC(C)C(NC(=O)[C@@H]1CCCN1C(=O)CCC(=O)N1CCC(F)CC1)C(=O)NS(=O)C1CC1. The van der Waals surface area contributed by atoms with Gasteiger partial charge in [0.15, 0.2) is 0 Å². The van der Waals surface area contributed by atoms with Gasteiger partial charge in [0, 0.05) is 38.4 Å². The molecule has 34 heavy (non-hydrogen) atoms. The first-order chi connectivity index (χ1) is 16.2. The Morgan fingerprint density at radius 1 is 1.06 bits per heavy atom. The number of nitrogens with one attached hydrogen (secondary N) is 2. The predicted molar refractivity (Wildman–Crippen MR) is 125 cm³/mol. The molecule has 2 N–H and O–H groups in total. The zero-order chi connectivity index (χ0) is 24.8. The Kier molecular flexibility index (Phi) is 9.21. The van der Waals surface area contributed by atoms with Crippen molar-refractivity contribution in [1.29, 1.82) is 0 Å². The van der Waals surface area contributed by atoms with E-state index in [-0.39, 0.29) is 29.9 Å². The van der Waals surface area contributed by atoms with Gasteiger partial charge in [-0.15, -0.1) is 6.58 Å². The molecule has 0 radical (unpaired) electrons. The Hall–Kier alpha value is -2.30. The van der Waals surface area contributed by atoms with Crippen LogP contribution in [0.5, 0.6) is 0 Å². The van der Waals surface area contributed by atoms with E-state index in [1.54, 1.807) is 17.9 Å². The normalized spacial score (nSPS) is 23.6. The molecular formula is C23H35FN4O5S. The second-order valence-electron chi connectivity index (χ2n) is 9.34. The third kappa shape index (κ3) is 6.86. The van der Waals surface area contributed by atoms with Crippen molar-refractivity contribution in [1.82, 2.24) is 19.8 Å². The number of alkyl halides is 1. The Morgan fingerprint density at radius 2 is 1.71 bits per heavy atom. The molecule has 9 nitrogen and oxygen atoms in total. The lowest BCUT2D eigenvalue weighted by molar-refractivity contribution is -0.141. The van der Waals surface area contributed by atoms with Crippen LogP contribution in [0.25, 0.3) is 0 Å². The first kappa shape index (κ1) is 26.3. The molecule has 0 aromatic heterocycles. The van der Waals surface area contributed by atoms with E-state index in [0.29, 0.717) is 45.3 Å². The summed E-state index contributed by atoms with van der Waals surface area (Å²) in [6.07, 6.45) is 4.00. The molecule has 3 fully saturated rings. The van der Waals surface area contributed by atoms with Crippen LogP contribution in [0, 0.1) is 5.92 Å². The highest BCUT2D eigenvalue weighted by Crippen LogP contribution is 2.25. The minimum Gasteiger partial charge on any atom is -0.342 e. The maximum absolute atomic E-state index is 13.3. The lowest BCUT2D eigenvalue weighted by Gasteiger charge is -2.29. The van der Waals surface area contributed by atoms with E-state index in [2.05, 4.69) is 16.6 Å². The summed E-state index contributed by atoms with van der Waals surface area (Å²) in [5.41, 5.74) is 0. The summed E-state index contributed by atoms with van der Waals surface area (Å²) in [6, 6.07) is -1.68. The van der Waals surface area contributed by atoms with Crippen LogP contribution in [-0.4, -0.2) is 80.8 Å². The molecule has 0 aromatic rings. The molecule has 4 atom stereocenters. The molecule has 3 aliphatic rings. The summed E-state index contributed by atoms with van der Waals surface area (Å²) in [5, 5.41) is 2.68. The van der Waals surface area contributed by atoms with Crippen molar-refractivity contribution in [3.63, 3.8) is 0 Å². The number of carbonyl (C=O) groups is 4. The van der Waals surface area contributed by atoms with Crippen LogP contribution < -0.4 is 10.0 Å². The van der Waals surface area contributed by atoms with Crippen LogP contribution in [0.4, 0.5) is 4.39 Å². The fraction of sp³-hybridized carbons (Fsp3) is 0.739. The maximum atomic E-state index is 13.3. The van der Waals surface area contributed by atoms with Crippen LogP contribution in [0.1, 0.15) is 58.3 Å². The van der Waals surface area contributed by atoms with Crippen LogP contribution in [0.2, 0.25) is 0 Å². The number of halogens is 1. The zero-order valence-corrected chi connectivity index (χ0v) is 20.5. The molecule has 2 saturated heterocycles. The maximum Gasteiger partial charge on any atom is 0.254 e. The van der Waals surface area contributed by atoms with Crippen molar-refractivity contribution in [2.45, 2.75) is 81.8 Å². The fourth-order valence-electron chi connectivity index (χ4n) is 4.30. The third-order valence-corrected chi connectivity index (χ3v) is 8.19. The van der Waals surface area contributed by atoms with E-state index in [9.17, 15) is 27.8 Å². The average molecular weight is 499 g/mol. The molecule has 190 valence electrons. The molecule has 0 bridgehead atoms. The number of amides is 4. The van der Waals surface area contributed by atoms with Gasteiger partial charge in [-0.2, -0.15) is 0 Å². The van der Waals surface area contributed by atoms with E-state index >= 15 is 0 Å². The molecule has 0 spiro atoms. The number of nitrogens with zero attached hydrogens (tertiary/aromatic N) is 2. The summed E-state index contributed by atoms with van der Waals surface area (Å²) in [4.78, 5) is 54.0. The van der Waals surface area contributed by atoms with Gasteiger partial charge in [-0.25, -0.2) is 8.60 Å². The van der Waals surface area contributed by atoms with Crippen molar-refractivity contribution in [3.05, 3.63) is 12.7 Å². The van der Waals surface area contributed by atoms with Gasteiger partial charge in [0.25, 0.3) is 5.91 Å². The van der Waals surface area contributed by atoms with Crippen LogP contribution >= 0.6 is 0 Å². The quantitative estimate of drug-likeness (QED) is 0.436. The van der Waals surface area contributed by atoms with Crippen LogP contribution in [0.15, 0.2) is 12.7 Å². The topological polar surface area (TPSA) is 116 Å². The van der Waals surface area contributed by atoms with Crippen molar-refractivity contribution >= 4 is 34.6 Å². The van der Waals surface area contributed by atoms with Gasteiger partial charge >= 0.3 is 0 Å². The van der Waals surface area contributed by atoms with E-state index in [0.717, 1.165) is 12.8 Å². The Labute approximate surface area is 202 Å². The molecule has 11 heteroatoms. The fourth-order valence-corrected chi connectivity index (χ4v) is 5.36. The Bertz CT molecular complexity index is 828. The number of rotatable bonds is 10. The first-order valence-corrected chi connectivity index (χ1v) is 13.3. The van der Waals surface area contributed by atoms with Gasteiger partial charge in [-0.05, 0) is 38.5 Å². The Morgan fingerprint density at radius 3 is 2.32 bits per heavy atom. The van der Waals surface area contributed by atoms with Gasteiger partial charge in [0.2, 0.25) is 17.7 Å². The molecule has 1 aliphatic carbocycles. The number of hydrogen-bond donors (Lipinski definition) is 2. The second-order valence-corrected chi connectivity index (χ2v) is 10.8. The van der Waals surface area contributed by atoms with Gasteiger partial charge in [0.1, 0.15) is 29.2 Å². The highest BCUT2D eigenvalue weighted by Gasteiger charge is 2.38. The smallest absolute Gasteiger partial charge is 0.254 e. The molecule has 0 aromatic carbocycles. The molecule has 3 unspecified atom stereocenters. The standard InChI is InChI=1S/C23H35FN4O5S/c1-3-15(2)21(23(32)26-34(33)17-6-7-17)25-22(31)18-5-4-12-28(18)20(30)9-8-19(29)27-13-10-16(24)11-14-27/h3,15-18,21H,1,4-14H2,2H3,(H,25,31)(H,26,32)/t15?,18-,21?,34?/m0/s1. The van der Waals surface area contributed by atoms with Crippen molar-refractivity contribution in [2.75, 3.05) is 19.6 Å². The van der Waals surface area contributed by atoms with Gasteiger partial charge < -0.3 is 15.1 Å². The van der Waals surface area contributed by atoms with Gasteiger partial charge in [0.05, 0.1) is 5.25 Å². The molecule has 2 heterocycles. The van der Waals surface area contributed by atoms with E-state index in [1.807, 2.05) is 0 Å². The lowest BCUT2D eigenvalue weighted by Crippen LogP contribution is -2.55. The Balaban J connectivity index is 1.54. The minimum atomic E-state index is -1.48. The van der Waals surface area contributed by atoms with E-state index in [1.165, 1.54) is 4.90 Å². The van der Waals surface area contributed by atoms with Gasteiger partial charge in [-0.3, -0.25) is 23.9 Å². The zero-order valence-electron chi connectivity index (χ0n) is 19.7. The second kappa shape index (κ2) is 11.9. The third-order valence-electron chi connectivity index (χ3n) is 6.71. The number of likely N-dealkylation sites (tertiary alicyclic amines) is 2. The van der Waals surface area contributed by atoms with Crippen LogP contribution in [-0.2, 0) is 30.2 Å². The first-order valence-electron chi connectivity index (χ1n) is 12.1. The van der Waals surface area contributed by atoms with Crippen molar-refractivity contribution in [3.8, 4) is 0 Å². The molecule has 1 saturated carbocycles. The van der Waals surface area contributed by atoms with E-state index < -0.39 is 47.0 Å². The van der Waals surface area contributed by atoms with Gasteiger partial charge in [-0.1, -0.05) is 13.0 Å². The molecule has 3 rings (SSSR count). The van der Waals surface area contributed by atoms with Crippen molar-refractivity contribution in [2.24, 2.45) is 5.92 Å². The summed E-state index contributed by atoms with van der Waals surface area (Å²) in [7, 11) is -1.48. The molecular weight excluding hydrogens is 463 g/mol. The van der Waals surface area contributed by atoms with Crippen molar-refractivity contribution < 1.29 is 27.8 Å².